The van der Waals surface area contributed by atoms with E-state index in [1.165, 1.54) is 6.07 Å². The summed E-state index contributed by atoms with van der Waals surface area (Å²) < 4.78 is 32.3. The van der Waals surface area contributed by atoms with Gasteiger partial charge in [0.1, 0.15) is 9.09 Å². The van der Waals surface area contributed by atoms with E-state index in [1.54, 1.807) is 13.8 Å². The molecular weight excluding hydrogens is 290 g/mol. The Morgan fingerprint density at radius 3 is 2.74 bits per heavy atom. The number of aryl methyl sites for hydroxylation is 1. The van der Waals surface area contributed by atoms with E-state index < -0.39 is 21.5 Å². The van der Waals surface area contributed by atoms with Gasteiger partial charge >= 0.3 is 5.97 Å². The van der Waals surface area contributed by atoms with Crippen LogP contribution in [0.15, 0.2) is 10.3 Å². The fraction of sp³-hybridized carbons (Fsp3) is 0.545. The SMILES string of the molecule is Cc1cc(S(=O)(=O)NC2(C)CCOC2)sc1C(=O)O. The van der Waals surface area contributed by atoms with Gasteiger partial charge in [-0.3, -0.25) is 0 Å². The van der Waals surface area contributed by atoms with E-state index in [4.69, 9.17) is 9.84 Å². The van der Waals surface area contributed by atoms with Gasteiger partial charge in [0, 0.05) is 6.61 Å². The van der Waals surface area contributed by atoms with Crippen molar-refractivity contribution in [3.8, 4) is 0 Å². The Balaban J connectivity index is 2.29. The quantitative estimate of drug-likeness (QED) is 0.872. The van der Waals surface area contributed by atoms with Crippen molar-refractivity contribution in [1.82, 2.24) is 4.72 Å². The van der Waals surface area contributed by atoms with E-state index in [1.807, 2.05) is 0 Å². The van der Waals surface area contributed by atoms with Crippen LogP contribution in [0.3, 0.4) is 0 Å². The third-order valence-electron chi connectivity index (χ3n) is 2.95. The smallest absolute Gasteiger partial charge is 0.346 e. The number of aromatic carboxylic acids is 1. The van der Waals surface area contributed by atoms with Gasteiger partial charge < -0.3 is 9.84 Å². The summed E-state index contributed by atoms with van der Waals surface area (Å²) in [5, 5.41) is 8.95. The van der Waals surface area contributed by atoms with E-state index in [-0.39, 0.29) is 9.09 Å². The highest BCUT2D eigenvalue weighted by Crippen LogP contribution is 2.28. The van der Waals surface area contributed by atoms with Gasteiger partial charge in [-0.2, -0.15) is 0 Å². The van der Waals surface area contributed by atoms with Gasteiger partial charge in [-0.25, -0.2) is 17.9 Å². The van der Waals surface area contributed by atoms with Gasteiger partial charge in [0.15, 0.2) is 0 Å². The number of sulfonamides is 1. The molecule has 0 saturated carbocycles. The fourth-order valence-corrected chi connectivity index (χ4v) is 4.72. The molecule has 19 heavy (non-hydrogen) atoms. The van der Waals surface area contributed by atoms with Crippen LogP contribution in [0.1, 0.15) is 28.6 Å². The highest BCUT2D eigenvalue weighted by atomic mass is 32.2. The van der Waals surface area contributed by atoms with Crippen molar-refractivity contribution in [2.75, 3.05) is 13.2 Å². The lowest BCUT2D eigenvalue weighted by atomic mass is 10.0. The van der Waals surface area contributed by atoms with Crippen molar-refractivity contribution in [2.24, 2.45) is 0 Å². The molecule has 0 radical (unpaired) electrons. The molecule has 1 aromatic heterocycles. The molecule has 6 nitrogen and oxygen atoms in total. The minimum atomic E-state index is -3.71. The topological polar surface area (TPSA) is 92.7 Å². The highest BCUT2D eigenvalue weighted by Gasteiger charge is 2.35. The van der Waals surface area contributed by atoms with Crippen molar-refractivity contribution in [2.45, 2.75) is 30.0 Å². The van der Waals surface area contributed by atoms with Crippen molar-refractivity contribution in [3.05, 3.63) is 16.5 Å². The maximum Gasteiger partial charge on any atom is 0.346 e. The van der Waals surface area contributed by atoms with Crippen LogP contribution in [0.4, 0.5) is 0 Å². The normalized spacial score (nSPS) is 23.7. The Kier molecular flexibility index (Phi) is 3.69. The summed E-state index contributed by atoms with van der Waals surface area (Å²) >= 11 is 0.766. The number of hydrogen-bond donors (Lipinski definition) is 2. The molecule has 0 spiro atoms. The Morgan fingerprint density at radius 1 is 1.58 bits per heavy atom. The molecule has 1 aliphatic rings. The monoisotopic (exact) mass is 305 g/mol. The number of carboxylic acid groups (broad SMARTS) is 1. The number of thiophene rings is 1. The molecule has 0 aromatic carbocycles. The van der Waals surface area contributed by atoms with Crippen LogP contribution in [0.2, 0.25) is 0 Å². The second-order valence-corrected chi connectivity index (χ2v) is 7.81. The second kappa shape index (κ2) is 4.86. The van der Waals surface area contributed by atoms with Crippen molar-refractivity contribution in [1.29, 1.82) is 0 Å². The van der Waals surface area contributed by atoms with Crippen molar-refractivity contribution >= 4 is 27.3 Å². The maximum atomic E-state index is 12.2. The molecular formula is C11H15NO5S2. The summed E-state index contributed by atoms with van der Waals surface area (Å²) in [5.41, 5.74) is -0.175. The Bertz CT molecular complexity index is 599. The first-order valence-corrected chi connectivity index (χ1v) is 7.99. The lowest BCUT2D eigenvalue weighted by molar-refractivity contribution is 0.0701. The van der Waals surface area contributed by atoms with Gasteiger partial charge in [0.2, 0.25) is 0 Å². The first-order valence-electron chi connectivity index (χ1n) is 5.69. The van der Waals surface area contributed by atoms with Crippen LogP contribution in [-0.4, -0.2) is 38.2 Å². The third-order valence-corrected chi connectivity index (χ3v) is 6.29. The summed E-state index contributed by atoms with van der Waals surface area (Å²) in [6, 6.07) is 1.38. The standard InChI is InChI=1S/C11H15NO5S2/c1-7-5-8(18-9(7)10(13)14)19(15,16)12-11(2)3-4-17-6-11/h5,12H,3-4,6H2,1-2H3,(H,13,14). The summed E-state index contributed by atoms with van der Waals surface area (Å²) in [4.78, 5) is 11.0. The number of rotatable bonds is 4. The Labute approximate surface area is 115 Å². The molecule has 0 bridgehead atoms. The van der Waals surface area contributed by atoms with E-state index in [9.17, 15) is 13.2 Å². The first kappa shape index (κ1) is 14.4. The van der Waals surface area contributed by atoms with Gasteiger partial charge in [-0.05, 0) is 31.9 Å². The van der Waals surface area contributed by atoms with Crippen LogP contribution >= 0.6 is 11.3 Å². The molecule has 0 aliphatic carbocycles. The predicted octanol–water partition coefficient (Wildman–Crippen LogP) is 1.21. The van der Waals surface area contributed by atoms with Crippen molar-refractivity contribution < 1.29 is 23.1 Å². The fourth-order valence-electron chi connectivity index (χ4n) is 1.92. The largest absolute Gasteiger partial charge is 0.477 e. The van der Waals surface area contributed by atoms with Crippen LogP contribution in [-0.2, 0) is 14.8 Å². The summed E-state index contributed by atoms with van der Waals surface area (Å²) in [6.07, 6.45) is 0.600. The van der Waals surface area contributed by atoms with E-state index in [0.29, 0.717) is 25.2 Å². The molecule has 2 heterocycles. The molecule has 2 N–H and O–H groups in total. The number of nitrogens with one attached hydrogen (secondary N) is 1. The molecule has 2 rings (SSSR count). The molecule has 106 valence electrons. The molecule has 1 aliphatic heterocycles. The first-order chi connectivity index (χ1) is 8.73. The molecule has 1 aromatic rings. The molecule has 1 saturated heterocycles. The van der Waals surface area contributed by atoms with Gasteiger partial charge in [-0.1, -0.05) is 0 Å². The van der Waals surface area contributed by atoms with Crippen molar-refractivity contribution in [3.63, 3.8) is 0 Å². The predicted molar refractivity (Wildman–Crippen MR) is 70.2 cm³/mol. The highest BCUT2D eigenvalue weighted by molar-refractivity contribution is 7.91. The van der Waals surface area contributed by atoms with Crippen LogP contribution < -0.4 is 4.72 Å². The lowest BCUT2D eigenvalue weighted by Gasteiger charge is -2.22. The molecule has 0 amide bonds. The summed E-state index contributed by atoms with van der Waals surface area (Å²) in [5.74, 6) is -1.11. The molecule has 1 fully saturated rings. The number of ether oxygens (including phenoxy) is 1. The van der Waals surface area contributed by atoms with Gasteiger partial charge in [0.05, 0.1) is 12.1 Å². The zero-order chi connectivity index (χ0) is 14.3. The minimum Gasteiger partial charge on any atom is -0.477 e. The Hall–Kier alpha value is -0.960. The minimum absolute atomic E-state index is 0.0236. The average molecular weight is 305 g/mol. The molecule has 1 unspecified atom stereocenters. The van der Waals surface area contributed by atoms with Crippen LogP contribution in [0.25, 0.3) is 0 Å². The third kappa shape index (κ3) is 2.97. The zero-order valence-electron chi connectivity index (χ0n) is 10.6. The zero-order valence-corrected chi connectivity index (χ0v) is 12.2. The van der Waals surface area contributed by atoms with Crippen LogP contribution in [0, 0.1) is 6.92 Å². The van der Waals surface area contributed by atoms with Crippen LogP contribution in [0.5, 0.6) is 0 Å². The number of carbonyl (C=O) groups is 1. The Morgan fingerprint density at radius 2 is 2.26 bits per heavy atom. The molecule has 8 heteroatoms. The summed E-state index contributed by atoms with van der Waals surface area (Å²) in [6.45, 7) is 4.20. The average Bonchev–Trinajstić information content (AvgIpc) is 2.84. The maximum absolute atomic E-state index is 12.2. The second-order valence-electron chi connectivity index (χ2n) is 4.85. The van der Waals surface area contributed by atoms with E-state index in [2.05, 4.69) is 4.72 Å². The summed E-state index contributed by atoms with van der Waals surface area (Å²) in [7, 11) is -3.71. The number of carboxylic acids is 1. The van der Waals surface area contributed by atoms with E-state index >= 15 is 0 Å². The van der Waals surface area contributed by atoms with Gasteiger partial charge in [0.25, 0.3) is 10.0 Å². The van der Waals surface area contributed by atoms with Gasteiger partial charge in [-0.15, -0.1) is 11.3 Å². The van der Waals surface area contributed by atoms with E-state index in [0.717, 1.165) is 11.3 Å². The molecule has 1 atom stereocenters. The number of hydrogen-bond acceptors (Lipinski definition) is 5. The lowest BCUT2D eigenvalue weighted by Crippen LogP contribution is -2.46.